The number of nitriles is 1. The van der Waals surface area contributed by atoms with Gasteiger partial charge in [-0.05, 0) is 23.6 Å². The van der Waals surface area contributed by atoms with Gasteiger partial charge >= 0.3 is 0 Å². The predicted octanol–water partition coefficient (Wildman–Crippen LogP) is 3.03. The van der Waals surface area contributed by atoms with Gasteiger partial charge in [-0.2, -0.15) is 5.26 Å². The maximum Gasteiger partial charge on any atom is 0.127 e. The number of halogens is 1. The molecule has 0 aliphatic carbocycles. The monoisotopic (exact) mass is 230 g/mol. The highest BCUT2D eigenvalue weighted by atomic mass is 19.1. The summed E-state index contributed by atoms with van der Waals surface area (Å²) in [5, 5.41) is 11.7. The maximum atomic E-state index is 13.7. The van der Waals surface area contributed by atoms with E-state index in [0.29, 0.717) is 28.8 Å². The summed E-state index contributed by atoms with van der Waals surface area (Å²) in [5.74, 6) is -0.252. The minimum atomic E-state index is -0.252. The van der Waals surface area contributed by atoms with Crippen LogP contribution < -0.4 is 5.32 Å². The number of nitrogens with one attached hydrogen (secondary N) is 1. The number of allylic oxidation sites excluding steroid dienone is 3. The van der Waals surface area contributed by atoms with Crippen molar-refractivity contribution in [1.29, 1.82) is 5.26 Å². The first-order chi connectivity index (χ1) is 8.17. The van der Waals surface area contributed by atoms with Crippen molar-refractivity contribution in [2.75, 3.05) is 7.05 Å². The Hall–Kier alpha value is -2.08. The molecule has 0 atom stereocenters. The zero-order chi connectivity index (χ0) is 12.8. The second kappa shape index (κ2) is 5.86. The SMILES string of the molecule is C=C/C(=C(/C#N)NC)c1ccc(CC)c(F)c1. The fourth-order valence-corrected chi connectivity index (χ4v) is 1.62. The molecule has 0 spiro atoms. The third-order valence-corrected chi connectivity index (χ3v) is 2.58. The summed E-state index contributed by atoms with van der Waals surface area (Å²) in [6.45, 7) is 5.55. The molecular weight excluding hydrogens is 215 g/mol. The number of aryl methyl sites for hydroxylation is 1. The topological polar surface area (TPSA) is 35.8 Å². The van der Waals surface area contributed by atoms with Gasteiger partial charge in [0, 0.05) is 12.6 Å². The highest BCUT2D eigenvalue weighted by Gasteiger charge is 2.08. The van der Waals surface area contributed by atoms with Crippen molar-refractivity contribution in [1.82, 2.24) is 5.32 Å². The molecule has 17 heavy (non-hydrogen) atoms. The third-order valence-electron chi connectivity index (χ3n) is 2.58. The first kappa shape index (κ1) is 13.0. The molecule has 0 radical (unpaired) electrons. The highest BCUT2D eigenvalue weighted by Crippen LogP contribution is 2.21. The first-order valence-electron chi connectivity index (χ1n) is 5.41. The van der Waals surface area contributed by atoms with Gasteiger partial charge < -0.3 is 5.32 Å². The Balaban J connectivity index is 3.33. The Morgan fingerprint density at radius 2 is 2.29 bits per heavy atom. The van der Waals surface area contributed by atoms with E-state index >= 15 is 0 Å². The number of rotatable bonds is 4. The molecule has 3 heteroatoms. The maximum absolute atomic E-state index is 13.7. The van der Waals surface area contributed by atoms with E-state index in [-0.39, 0.29) is 5.82 Å². The molecule has 0 bridgehead atoms. The number of hydrogen-bond donors (Lipinski definition) is 1. The second-order valence-electron chi connectivity index (χ2n) is 3.51. The highest BCUT2D eigenvalue weighted by molar-refractivity contribution is 5.78. The van der Waals surface area contributed by atoms with Gasteiger partial charge in [0.25, 0.3) is 0 Å². The van der Waals surface area contributed by atoms with Crippen molar-refractivity contribution in [2.45, 2.75) is 13.3 Å². The van der Waals surface area contributed by atoms with Crippen LogP contribution in [0.25, 0.3) is 5.57 Å². The summed E-state index contributed by atoms with van der Waals surface area (Å²) >= 11 is 0. The minimum Gasteiger partial charge on any atom is -0.379 e. The van der Waals surface area contributed by atoms with Crippen LogP contribution in [0.1, 0.15) is 18.1 Å². The molecule has 0 amide bonds. The fourth-order valence-electron chi connectivity index (χ4n) is 1.62. The smallest absolute Gasteiger partial charge is 0.127 e. The first-order valence-corrected chi connectivity index (χ1v) is 5.41. The lowest BCUT2D eigenvalue weighted by atomic mass is 10.0. The van der Waals surface area contributed by atoms with Crippen LogP contribution in [0.15, 0.2) is 36.6 Å². The number of nitrogens with zero attached hydrogens (tertiary/aromatic N) is 1. The van der Waals surface area contributed by atoms with E-state index < -0.39 is 0 Å². The molecule has 0 saturated carbocycles. The van der Waals surface area contributed by atoms with Gasteiger partial charge in [0.15, 0.2) is 0 Å². The summed E-state index contributed by atoms with van der Waals surface area (Å²) in [5.41, 5.74) is 2.31. The van der Waals surface area contributed by atoms with Gasteiger partial charge in [0.2, 0.25) is 0 Å². The molecule has 1 aromatic carbocycles. The van der Waals surface area contributed by atoms with E-state index in [1.54, 1.807) is 25.3 Å². The molecule has 0 fully saturated rings. The average Bonchev–Trinajstić information content (AvgIpc) is 2.35. The third kappa shape index (κ3) is 2.73. The van der Waals surface area contributed by atoms with Crippen LogP contribution in [-0.2, 0) is 6.42 Å². The van der Waals surface area contributed by atoms with Crippen LogP contribution in [-0.4, -0.2) is 7.05 Å². The molecule has 1 aromatic rings. The quantitative estimate of drug-likeness (QED) is 0.637. The van der Waals surface area contributed by atoms with Gasteiger partial charge in [-0.15, -0.1) is 0 Å². The Morgan fingerprint density at radius 1 is 1.59 bits per heavy atom. The zero-order valence-corrected chi connectivity index (χ0v) is 10.0. The van der Waals surface area contributed by atoms with Gasteiger partial charge in [0.1, 0.15) is 17.6 Å². The number of benzene rings is 1. The van der Waals surface area contributed by atoms with Crippen LogP contribution in [0.5, 0.6) is 0 Å². The Bertz CT molecular complexity index is 495. The Kier molecular flexibility index (Phi) is 4.47. The van der Waals surface area contributed by atoms with E-state index in [9.17, 15) is 4.39 Å². The van der Waals surface area contributed by atoms with Crippen LogP contribution in [0.4, 0.5) is 4.39 Å². The van der Waals surface area contributed by atoms with Crippen molar-refractivity contribution >= 4 is 5.57 Å². The van der Waals surface area contributed by atoms with E-state index in [1.807, 2.05) is 13.0 Å². The fraction of sp³-hybridized carbons (Fsp3) is 0.214. The summed E-state index contributed by atoms with van der Waals surface area (Å²) in [6.07, 6.45) is 2.20. The predicted molar refractivity (Wildman–Crippen MR) is 67.6 cm³/mol. The molecular formula is C14H15FN2. The molecule has 88 valence electrons. The van der Waals surface area contributed by atoms with Gasteiger partial charge in [0.05, 0.1) is 0 Å². The molecule has 0 saturated heterocycles. The Labute approximate surface area is 101 Å². The lowest BCUT2D eigenvalue weighted by molar-refractivity contribution is 0.612. The molecule has 0 aromatic heterocycles. The van der Waals surface area contributed by atoms with Crippen molar-refractivity contribution in [3.8, 4) is 6.07 Å². The number of hydrogen-bond acceptors (Lipinski definition) is 2. The zero-order valence-electron chi connectivity index (χ0n) is 10.0. The van der Waals surface area contributed by atoms with Gasteiger partial charge in [-0.3, -0.25) is 0 Å². The summed E-state index contributed by atoms with van der Waals surface area (Å²) in [6, 6.07) is 6.99. The summed E-state index contributed by atoms with van der Waals surface area (Å²) in [7, 11) is 1.65. The van der Waals surface area contributed by atoms with Crippen molar-refractivity contribution in [3.05, 3.63) is 53.5 Å². The van der Waals surface area contributed by atoms with E-state index in [4.69, 9.17) is 5.26 Å². The Morgan fingerprint density at radius 3 is 2.71 bits per heavy atom. The van der Waals surface area contributed by atoms with E-state index in [2.05, 4.69) is 11.9 Å². The van der Waals surface area contributed by atoms with E-state index in [0.717, 1.165) is 0 Å². The summed E-state index contributed by atoms with van der Waals surface area (Å²) in [4.78, 5) is 0. The molecule has 0 aliphatic rings. The minimum absolute atomic E-state index is 0.252. The van der Waals surface area contributed by atoms with Crippen molar-refractivity contribution in [3.63, 3.8) is 0 Å². The lowest BCUT2D eigenvalue weighted by Gasteiger charge is -2.08. The largest absolute Gasteiger partial charge is 0.379 e. The molecule has 0 unspecified atom stereocenters. The van der Waals surface area contributed by atoms with Crippen LogP contribution in [0.2, 0.25) is 0 Å². The molecule has 0 aliphatic heterocycles. The van der Waals surface area contributed by atoms with Crippen LogP contribution in [0, 0.1) is 17.1 Å². The van der Waals surface area contributed by atoms with Crippen LogP contribution in [0.3, 0.4) is 0 Å². The van der Waals surface area contributed by atoms with Crippen molar-refractivity contribution < 1.29 is 4.39 Å². The molecule has 1 rings (SSSR count). The average molecular weight is 230 g/mol. The van der Waals surface area contributed by atoms with Crippen LogP contribution >= 0.6 is 0 Å². The second-order valence-corrected chi connectivity index (χ2v) is 3.51. The normalized spacial score (nSPS) is 11.4. The van der Waals surface area contributed by atoms with Gasteiger partial charge in [-0.25, -0.2) is 4.39 Å². The standard InChI is InChI=1S/C14H15FN2/c1-4-10-6-7-11(8-13(10)15)12(5-2)14(9-16)17-3/h5-8,17H,2,4H2,1,3H3/b14-12+. The van der Waals surface area contributed by atoms with Crippen molar-refractivity contribution in [2.24, 2.45) is 0 Å². The molecule has 0 heterocycles. The summed E-state index contributed by atoms with van der Waals surface area (Å²) < 4.78 is 13.7. The van der Waals surface area contributed by atoms with Gasteiger partial charge in [-0.1, -0.05) is 31.7 Å². The molecule has 1 N–H and O–H groups in total. The molecule has 2 nitrogen and oxygen atoms in total. The lowest BCUT2D eigenvalue weighted by Crippen LogP contribution is -2.06. The van der Waals surface area contributed by atoms with E-state index in [1.165, 1.54) is 6.07 Å².